The van der Waals surface area contributed by atoms with Crippen molar-refractivity contribution in [1.29, 1.82) is 0 Å². The number of nitrogens with zero attached hydrogens (tertiary/aromatic N) is 3. The van der Waals surface area contributed by atoms with Gasteiger partial charge in [-0.1, -0.05) is 12.1 Å². The van der Waals surface area contributed by atoms with E-state index in [2.05, 4.69) is 9.98 Å². The summed E-state index contributed by atoms with van der Waals surface area (Å²) in [5.41, 5.74) is 12.9. The molecule has 1 aliphatic rings. The third-order valence-electron chi connectivity index (χ3n) is 4.27. The molecule has 28 heavy (non-hydrogen) atoms. The Hall–Kier alpha value is -3.20. The summed E-state index contributed by atoms with van der Waals surface area (Å²) < 4.78 is 25.4. The summed E-state index contributed by atoms with van der Waals surface area (Å²) in [5, 5.41) is 0. The van der Waals surface area contributed by atoms with E-state index in [1.807, 2.05) is 24.0 Å². The van der Waals surface area contributed by atoms with Crippen LogP contribution in [0.15, 0.2) is 41.5 Å². The number of aliphatic imine (C=N–C) groups is 1. The van der Waals surface area contributed by atoms with Crippen LogP contribution in [0.2, 0.25) is 0 Å². The number of nitrogens with two attached hydrogens (primary N) is 2. The second kappa shape index (κ2) is 8.66. The maximum absolute atomic E-state index is 14.7. The predicted molar refractivity (Wildman–Crippen MR) is 102 cm³/mol. The molecular weight excluding hydrogens is 365 g/mol. The fourth-order valence-electron chi connectivity index (χ4n) is 2.85. The molecule has 8 nitrogen and oxygen atoms in total. The number of hydrogen-bond donors (Lipinski definition) is 2. The number of guanidine groups is 1. The lowest BCUT2D eigenvalue weighted by molar-refractivity contribution is 0.0221. The number of halogens is 1. The molecule has 1 aromatic carbocycles. The van der Waals surface area contributed by atoms with E-state index < -0.39 is 17.9 Å². The minimum atomic E-state index is -0.964. The molecule has 0 bridgehead atoms. The highest BCUT2D eigenvalue weighted by atomic mass is 19.1. The van der Waals surface area contributed by atoms with Gasteiger partial charge >= 0.3 is 6.09 Å². The van der Waals surface area contributed by atoms with Crippen molar-refractivity contribution < 1.29 is 18.7 Å². The van der Waals surface area contributed by atoms with E-state index in [0.29, 0.717) is 25.4 Å². The lowest BCUT2D eigenvalue weighted by Crippen LogP contribution is -2.52. The van der Waals surface area contributed by atoms with Crippen molar-refractivity contribution in [3.8, 4) is 0 Å². The molecule has 1 aliphatic heterocycles. The Morgan fingerprint density at radius 1 is 1.32 bits per heavy atom. The summed E-state index contributed by atoms with van der Waals surface area (Å²) in [7, 11) is 0. The van der Waals surface area contributed by atoms with Crippen LogP contribution in [0.1, 0.15) is 16.8 Å². The number of aromatic nitrogens is 1. The Kier molecular flexibility index (Phi) is 6.05. The first-order valence-corrected chi connectivity index (χ1v) is 8.74. The van der Waals surface area contributed by atoms with Gasteiger partial charge in [-0.25, -0.2) is 9.18 Å². The van der Waals surface area contributed by atoms with Crippen LogP contribution in [0.5, 0.6) is 0 Å². The van der Waals surface area contributed by atoms with Crippen molar-refractivity contribution in [2.45, 2.75) is 26.2 Å². The predicted octanol–water partition coefficient (Wildman–Crippen LogP) is 1.84. The number of benzene rings is 1. The van der Waals surface area contributed by atoms with Gasteiger partial charge in [0.2, 0.25) is 0 Å². The molecule has 2 aromatic rings. The van der Waals surface area contributed by atoms with E-state index in [4.69, 9.17) is 20.9 Å². The Morgan fingerprint density at radius 3 is 2.82 bits per heavy atom. The van der Waals surface area contributed by atoms with Gasteiger partial charge in [-0.05, 0) is 30.7 Å². The molecule has 0 saturated carbocycles. The highest BCUT2D eigenvalue weighted by Crippen LogP contribution is 2.28. The quantitative estimate of drug-likeness (QED) is 0.574. The highest BCUT2D eigenvalue weighted by Gasteiger charge is 2.30. The molecule has 4 N–H and O–H groups in total. The van der Waals surface area contributed by atoms with E-state index in [1.165, 1.54) is 0 Å². The second-order valence-electron chi connectivity index (χ2n) is 6.48. The number of ether oxygens (including phenoxy) is 2. The zero-order valence-corrected chi connectivity index (χ0v) is 15.5. The monoisotopic (exact) mass is 387 g/mol. The standard InChI is InChI=1S/C19H22FN5O3/c1-12-7-13(5-6-23-12)10-27-15-8-25(9-15)16-4-2-3-14(17(16)20)11-28-19(26)24-18(21)22/h2-7,15H,8-11H2,1H3,(H4,21,22,24,26). The largest absolute Gasteiger partial charge is 0.443 e. The van der Waals surface area contributed by atoms with E-state index in [0.717, 1.165) is 11.3 Å². The number of carbonyl (C=O) groups excluding carboxylic acids is 1. The van der Waals surface area contributed by atoms with Crippen molar-refractivity contribution in [1.82, 2.24) is 4.98 Å². The van der Waals surface area contributed by atoms with Crippen LogP contribution in [0, 0.1) is 12.7 Å². The Morgan fingerprint density at radius 2 is 2.11 bits per heavy atom. The van der Waals surface area contributed by atoms with Gasteiger partial charge < -0.3 is 25.8 Å². The third-order valence-corrected chi connectivity index (χ3v) is 4.27. The molecule has 1 aromatic heterocycles. The van der Waals surface area contributed by atoms with Crippen LogP contribution >= 0.6 is 0 Å². The third kappa shape index (κ3) is 4.95. The first-order chi connectivity index (χ1) is 13.4. The van der Waals surface area contributed by atoms with Gasteiger partial charge in [0.15, 0.2) is 11.8 Å². The Labute approximate surface area is 162 Å². The number of aryl methyl sites for hydroxylation is 1. The minimum absolute atomic E-state index is 0.0243. The number of amides is 1. The molecule has 148 valence electrons. The zero-order chi connectivity index (χ0) is 20.1. The van der Waals surface area contributed by atoms with Crippen LogP contribution in [-0.4, -0.2) is 36.2 Å². The van der Waals surface area contributed by atoms with Crippen LogP contribution in [-0.2, 0) is 22.7 Å². The molecule has 0 spiro atoms. The van der Waals surface area contributed by atoms with E-state index in [1.54, 1.807) is 24.4 Å². The van der Waals surface area contributed by atoms with Crippen molar-refractivity contribution in [2.24, 2.45) is 16.5 Å². The van der Waals surface area contributed by atoms with Gasteiger partial charge in [0.05, 0.1) is 18.4 Å². The molecule has 2 heterocycles. The number of rotatable bonds is 6. The van der Waals surface area contributed by atoms with E-state index in [-0.39, 0.29) is 18.3 Å². The number of pyridine rings is 1. The first-order valence-electron chi connectivity index (χ1n) is 8.74. The lowest BCUT2D eigenvalue weighted by Gasteiger charge is -2.41. The first kappa shape index (κ1) is 19.6. The maximum Gasteiger partial charge on any atom is 0.437 e. The SMILES string of the molecule is Cc1cc(COC2CN(c3cccc(COC(=O)N=C(N)N)c3F)C2)ccn1. The van der Waals surface area contributed by atoms with Crippen LogP contribution in [0.3, 0.4) is 0 Å². The van der Waals surface area contributed by atoms with Crippen LogP contribution < -0.4 is 16.4 Å². The average Bonchev–Trinajstić information content (AvgIpc) is 2.60. The summed E-state index contributed by atoms with van der Waals surface area (Å²) >= 11 is 0. The molecule has 0 aliphatic carbocycles. The number of hydrogen-bond acceptors (Lipinski definition) is 5. The number of anilines is 1. The average molecular weight is 387 g/mol. The summed E-state index contributed by atoms with van der Waals surface area (Å²) in [4.78, 5) is 20.6. The molecule has 0 unspecified atom stereocenters. The Bertz CT molecular complexity index is 880. The van der Waals surface area contributed by atoms with Gasteiger partial charge in [0.25, 0.3) is 0 Å². The van der Waals surface area contributed by atoms with Crippen molar-refractivity contribution >= 4 is 17.7 Å². The molecule has 1 amide bonds. The molecule has 9 heteroatoms. The zero-order valence-electron chi connectivity index (χ0n) is 15.5. The van der Waals surface area contributed by atoms with Crippen LogP contribution in [0.4, 0.5) is 14.9 Å². The van der Waals surface area contributed by atoms with Crippen LogP contribution in [0.25, 0.3) is 0 Å². The smallest absolute Gasteiger partial charge is 0.437 e. The molecule has 3 rings (SSSR count). The number of carbonyl (C=O) groups is 1. The summed E-state index contributed by atoms with van der Waals surface area (Å²) in [6, 6.07) is 8.82. The summed E-state index contributed by atoms with van der Waals surface area (Å²) in [6.07, 6.45) is 0.812. The van der Waals surface area contributed by atoms with E-state index in [9.17, 15) is 9.18 Å². The molecular formula is C19H22FN5O3. The molecule has 1 saturated heterocycles. The van der Waals surface area contributed by atoms with Crippen molar-refractivity contribution in [3.63, 3.8) is 0 Å². The summed E-state index contributed by atoms with van der Waals surface area (Å²) in [6.45, 7) is 3.32. The summed E-state index contributed by atoms with van der Waals surface area (Å²) in [5.74, 6) is -0.851. The second-order valence-corrected chi connectivity index (χ2v) is 6.48. The Balaban J connectivity index is 1.52. The van der Waals surface area contributed by atoms with Gasteiger partial charge in [-0.2, -0.15) is 0 Å². The minimum Gasteiger partial charge on any atom is -0.443 e. The van der Waals surface area contributed by atoms with Gasteiger partial charge in [-0.3, -0.25) is 4.98 Å². The van der Waals surface area contributed by atoms with Crippen molar-refractivity contribution in [2.75, 3.05) is 18.0 Å². The normalized spacial score (nSPS) is 13.7. The fraction of sp³-hybridized carbons (Fsp3) is 0.316. The molecule has 0 atom stereocenters. The molecule has 0 radical (unpaired) electrons. The van der Waals surface area contributed by atoms with Gasteiger partial charge in [0, 0.05) is 30.5 Å². The van der Waals surface area contributed by atoms with E-state index >= 15 is 0 Å². The highest BCUT2D eigenvalue weighted by molar-refractivity contribution is 5.87. The van der Waals surface area contributed by atoms with Gasteiger partial charge in [-0.15, -0.1) is 4.99 Å². The van der Waals surface area contributed by atoms with Crippen molar-refractivity contribution in [3.05, 3.63) is 59.2 Å². The lowest BCUT2D eigenvalue weighted by atomic mass is 10.1. The topological polar surface area (TPSA) is 116 Å². The fourth-order valence-corrected chi connectivity index (χ4v) is 2.85. The maximum atomic E-state index is 14.7. The molecule has 1 fully saturated rings. The van der Waals surface area contributed by atoms with Gasteiger partial charge in [0.1, 0.15) is 6.61 Å².